The molecule has 2 amide bonds. The molecule has 2 saturated heterocycles. The zero-order valence-electron chi connectivity index (χ0n) is 27.8. The smallest absolute Gasteiger partial charge is 0.404 e. The molecule has 3 atom stereocenters. The standard InChI is InChI=1S/C39H42F3N5O3/c1-2-36(48)44-32-9-4-7-30(21-32)39(41,42)28-12-14-33(15-13-28)47-23-26(24-47)22-46-18-16-27(17-19-46)38(25-43,29-6-3-8-31(40)20-29)34-10-5-11-35(34)45-37(49)50/h2-4,6-9,12-15,20-21,26-27,34-35,45H,1,5,10-11,16-19,22-24H2,(H,44,48)(H,49,50)/t34-,35-,38?/m0/s1. The summed E-state index contributed by atoms with van der Waals surface area (Å²) in [4.78, 5) is 27.8. The number of hydrogen-bond donors (Lipinski definition) is 3. The minimum atomic E-state index is -3.25. The Kier molecular flexibility index (Phi) is 10.2. The zero-order valence-corrected chi connectivity index (χ0v) is 27.8. The first-order valence-corrected chi connectivity index (χ1v) is 17.2. The maximum atomic E-state index is 15.4. The lowest BCUT2D eigenvalue weighted by Gasteiger charge is -2.48. The summed E-state index contributed by atoms with van der Waals surface area (Å²) in [7, 11) is 0. The molecule has 1 aliphatic carbocycles. The van der Waals surface area contributed by atoms with Crippen LogP contribution in [0.4, 0.5) is 29.3 Å². The van der Waals surface area contributed by atoms with Gasteiger partial charge in [0.15, 0.2) is 0 Å². The number of carbonyl (C=O) groups excluding carboxylic acids is 1. The Morgan fingerprint density at radius 3 is 2.32 bits per heavy atom. The van der Waals surface area contributed by atoms with E-state index in [1.165, 1.54) is 42.5 Å². The molecule has 2 aliphatic heterocycles. The van der Waals surface area contributed by atoms with Crippen molar-refractivity contribution in [1.82, 2.24) is 10.2 Å². The summed E-state index contributed by atoms with van der Waals surface area (Å²) in [5, 5.41) is 25.5. The van der Waals surface area contributed by atoms with E-state index in [4.69, 9.17) is 0 Å². The number of carbonyl (C=O) groups is 2. The van der Waals surface area contributed by atoms with E-state index in [-0.39, 0.29) is 34.7 Å². The molecule has 0 bridgehead atoms. The third-order valence-corrected chi connectivity index (χ3v) is 10.9. The summed E-state index contributed by atoms with van der Waals surface area (Å²) in [6.07, 6.45) is 3.63. The fraction of sp³-hybridized carbons (Fsp3) is 0.410. The van der Waals surface area contributed by atoms with E-state index in [9.17, 15) is 24.3 Å². The quantitative estimate of drug-likeness (QED) is 0.185. The predicted octanol–water partition coefficient (Wildman–Crippen LogP) is 7.14. The average Bonchev–Trinajstić information content (AvgIpc) is 3.55. The van der Waals surface area contributed by atoms with Gasteiger partial charge >= 0.3 is 6.09 Å². The summed E-state index contributed by atoms with van der Waals surface area (Å²) in [6, 6.07) is 20.5. The first-order chi connectivity index (χ1) is 24.0. The predicted molar refractivity (Wildman–Crippen MR) is 186 cm³/mol. The van der Waals surface area contributed by atoms with E-state index in [1.807, 2.05) is 6.07 Å². The van der Waals surface area contributed by atoms with Gasteiger partial charge in [-0.3, -0.25) is 4.79 Å². The largest absolute Gasteiger partial charge is 0.465 e. The van der Waals surface area contributed by atoms with Gasteiger partial charge in [-0.2, -0.15) is 14.0 Å². The van der Waals surface area contributed by atoms with Gasteiger partial charge in [-0.1, -0.05) is 49.4 Å². The first-order valence-electron chi connectivity index (χ1n) is 17.2. The van der Waals surface area contributed by atoms with E-state index in [0.717, 1.165) is 63.7 Å². The summed E-state index contributed by atoms with van der Waals surface area (Å²) >= 11 is 0. The number of hydrogen-bond acceptors (Lipinski definition) is 5. The monoisotopic (exact) mass is 685 g/mol. The van der Waals surface area contributed by atoms with Crippen molar-refractivity contribution < 1.29 is 27.9 Å². The van der Waals surface area contributed by atoms with Crippen LogP contribution < -0.4 is 15.5 Å². The molecule has 3 aromatic rings. The van der Waals surface area contributed by atoms with Crippen molar-refractivity contribution >= 4 is 23.4 Å². The number of alkyl halides is 2. The third kappa shape index (κ3) is 7.08. The molecule has 0 radical (unpaired) electrons. The average molecular weight is 686 g/mol. The molecule has 50 heavy (non-hydrogen) atoms. The fourth-order valence-corrected chi connectivity index (χ4v) is 8.44. The van der Waals surface area contributed by atoms with Gasteiger partial charge in [0.1, 0.15) is 5.82 Å². The highest BCUT2D eigenvalue weighted by molar-refractivity contribution is 5.98. The Labute approximate surface area is 290 Å². The lowest BCUT2D eigenvalue weighted by molar-refractivity contribution is -0.111. The van der Waals surface area contributed by atoms with Crippen LogP contribution in [0.15, 0.2) is 85.5 Å². The highest BCUT2D eigenvalue weighted by Gasteiger charge is 2.52. The number of likely N-dealkylation sites (tertiary alicyclic amines) is 1. The molecule has 6 rings (SSSR count). The second kappa shape index (κ2) is 14.6. The van der Waals surface area contributed by atoms with Crippen LogP contribution in [0, 0.1) is 34.9 Å². The van der Waals surface area contributed by atoms with Crippen molar-refractivity contribution in [2.45, 2.75) is 49.5 Å². The molecule has 3 fully saturated rings. The molecule has 11 heteroatoms. The van der Waals surface area contributed by atoms with Gasteiger partial charge in [0.2, 0.25) is 5.91 Å². The Bertz CT molecular complexity index is 1750. The Hall–Kier alpha value is -4.82. The molecule has 0 spiro atoms. The number of piperidine rings is 1. The van der Waals surface area contributed by atoms with Crippen molar-refractivity contribution in [2.24, 2.45) is 17.8 Å². The summed E-state index contributed by atoms with van der Waals surface area (Å²) in [5.74, 6) is -4.01. The zero-order chi connectivity index (χ0) is 35.5. The lowest BCUT2D eigenvalue weighted by atomic mass is 9.59. The van der Waals surface area contributed by atoms with Crippen LogP contribution in [0.5, 0.6) is 0 Å². The maximum absolute atomic E-state index is 15.4. The molecule has 3 aromatic carbocycles. The molecule has 8 nitrogen and oxygen atoms in total. The number of amides is 2. The van der Waals surface area contributed by atoms with E-state index >= 15 is 8.78 Å². The molecule has 1 unspecified atom stereocenters. The molecule has 2 heterocycles. The number of nitriles is 1. The van der Waals surface area contributed by atoms with E-state index in [2.05, 4.69) is 33.1 Å². The number of carboxylic acid groups (broad SMARTS) is 1. The van der Waals surface area contributed by atoms with Crippen LogP contribution in [-0.4, -0.2) is 60.8 Å². The Morgan fingerprint density at radius 2 is 1.66 bits per heavy atom. The van der Waals surface area contributed by atoms with Crippen LogP contribution >= 0.6 is 0 Å². The second-order valence-electron chi connectivity index (χ2n) is 13.8. The summed E-state index contributed by atoms with van der Waals surface area (Å²) < 4.78 is 45.4. The molecule has 3 N–H and O–H groups in total. The van der Waals surface area contributed by atoms with Crippen LogP contribution in [0.2, 0.25) is 0 Å². The number of rotatable bonds is 11. The van der Waals surface area contributed by atoms with E-state index < -0.39 is 29.2 Å². The van der Waals surface area contributed by atoms with Gasteiger partial charge in [-0.25, -0.2) is 9.18 Å². The molecule has 262 valence electrons. The Morgan fingerprint density at radius 1 is 0.960 bits per heavy atom. The third-order valence-electron chi connectivity index (χ3n) is 10.9. The van der Waals surface area contributed by atoms with Gasteiger partial charge in [0.05, 0.1) is 11.5 Å². The van der Waals surface area contributed by atoms with Crippen molar-refractivity contribution in [3.63, 3.8) is 0 Å². The minimum absolute atomic E-state index is 0.0466. The van der Waals surface area contributed by atoms with Gasteiger partial charge in [0.25, 0.3) is 5.92 Å². The van der Waals surface area contributed by atoms with Crippen molar-refractivity contribution in [1.29, 1.82) is 5.26 Å². The maximum Gasteiger partial charge on any atom is 0.404 e. The normalized spacial score (nSPS) is 21.4. The van der Waals surface area contributed by atoms with E-state index in [0.29, 0.717) is 24.3 Å². The highest BCUT2D eigenvalue weighted by atomic mass is 19.3. The highest BCUT2D eigenvalue weighted by Crippen LogP contribution is 2.50. The lowest BCUT2D eigenvalue weighted by Crippen LogP contribution is -2.55. The van der Waals surface area contributed by atoms with Crippen LogP contribution in [0.25, 0.3) is 0 Å². The van der Waals surface area contributed by atoms with E-state index in [1.54, 1.807) is 24.3 Å². The van der Waals surface area contributed by atoms with Crippen molar-refractivity contribution in [3.8, 4) is 6.07 Å². The number of benzene rings is 3. The van der Waals surface area contributed by atoms with Gasteiger partial charge in [-0.15, -0.1) is 0 Å². The first kappa shape index (κ1) is 35.0. The van der Waals surface area contributed by atoms with Crippen LogP contribution in [-0.2, 0) is 16.1 Å². The van der Waals surface area contributed by atoms with Gasteiger partial charge in [0, 0.05) is 60.0 Å². The second-order valence-corrected chi connectivity index (χ2v) is 13.8. The number of anilines is 2. The Balaban J connectivity index is 1.06. The van der Waals surface area contributed by atoms with Crippen LogP contribution in [0.1, 0.15) is 48.8 Å². The summed E-state index contributed by atoms with van der Waals surface area (Å²) in [5.41, 5.74) is 0.419. The molecule has 3 aliphatic rings. The fourth-order valence-electron chi connectivity index (χ4n) is 8.44. The molecule has 1 saturated carbocycles. The number of halogens is 3. The SMILES string of the molecule is C=CC(=O)Nc1cccc(C(F)(F)c2ccc(N3CC(CN4CCC(C(C#N)(c5cccc(F)c5)[C@H]5CCC[C@@H]5NC(=O)O)CC4)C3)cc2)c1. The van der Waals surface area contributed by atoms with Gasteiger partial charge in [-0.05, 0) is 92.7 Å². The van der Waals surface area contributed by atoms with Crippen LogP contribution in [0.3, 0.4) is 0 Å². The van der Waals surface area contributed by atoms with Gasteiger partial charge < -0.3 is 25.5 Å². The van der Waals surface area contributed by atoms with Crippen molar-refractivity contribution in [2.75, 3.05) is 42.9 Å². The molecular weight excluding hydrogens is 643 g/mol. The van der Waals surface area contributed by atoms with Crippen molar-refractivity contribution in [3.05, 3.63) is 108 Å². The minimum Gasteiger partial charge on any atom is -0.465 e. The summed E-state index contributed by atoms with van der Waals surface area (Å²) in [6.45, 7) is 7.44. The number of nitrogens with zero attached hydrogens (tertiary/aromatic N) is 3. The topological polar surface area (TPSA) is 109 Å². The number of nitrogens with one attached hydrogen (secondary N) is 2. The molecule has 0 aromatic heterocycles. The molecular formula is C39H42F3N5O3.